The van der Waals surface area contributed by atoms with Gasteiger partial charge < -0.3 is 9.80 Å². The molecule has 3 rings (SSSR count). The van der Waals surface area contributed by atoms with Crippen LogP contribution in [0.15, 0.2) is 36.7 Å². The molecule has 1 fully saturated rings. The highest BCUT2D eigenvalue weighted by atomic mass is 15.3. The highest BCUT2D eigenvalue weighted by molar-refractivity contribution is 5.44. The maximum Gasteiger partial charge on any atom is 0.151 e. The van der Waals surface area contributed by atoms with Crippen LogP contribution >= 0.6 is 0 Å². The first-order chi connectivity index (χ1) is 10.7. The zero-order valence-electron chi connectivity index (χ0n) is 13.2. The van der Waals surface area contributed by atoms with Crippen LogP contribution in [-0.2, 0) is 6.54 Å². The number of hydrogen-bond acceptors (Lipinski definition) is 6. The van der Waals surface area contributed by atoms with Crippen LogP contribution < -0.4 is 9.80 Å². The van der Waals surface area contributed by atoms with Crippen molar-refractivity contribution in [2.24, 2.45) is 0 Å². The number of hydrogen-bond donors (Lipinski definition) is 0. The number of nitrogens with zero attached hydrogens (tertiary/aromatic N) is 6. The molecule has 2 aromatic heterocycles. The van der Waals surface area contributed by atoms with Gasteiger partial charge in [-0.15, -0.1) is 10.2 Å². The van der Waals surface area contributed by atoms with Gasteiger partial charge in [-0.3, -0.25) is 9.88 Å². The van der Waals surface area contributed by atoms with Crippen molar-refractivity contribution in [1.29, 1.82) is 0 Å². The number of anilines is 2. The molecule has 0 saturated carbocycles. The van der Waals surface area contributed by atoms with E-state index in [1.807, 2.05) is 43.5 Å². The van der Waals surface area contributed by atoms with Gasteiger partial charge in [0.1, 0.15) is 0 Å². The van der Waals surface area contributed by atoms with Crippen LogP contribution in [0, 0.1) is 0 Å². The topological polar surface area (TPSA) is 48.4 Å². The van der Waals surface area contributed by atoms with E-state index in [0.29, 0.717) is 0 Å². The van der Waals surface area contributed by atoms with Crippen molar-refractivity contribution in [2.45, 2.75) is 6.54 Å². The fraction of sp³-hybridized carbons (Fsp3) is 0.438. The summed E-state index contributed by atoms with van der Waals surface area (Å²) in [5.41, 5.74) is 1.27. The van der Waals surface area contributed by atoms with Crippen LogP contribution in [0.1, 0.15) is 5.56 Å². The number of piperazine rings is 1. The lowest BCUT2D eigenvalue weighted by atomic mass is 10.2. The first kappa shape index (κ1) is 14.7. The fourth-order valence-electron chi connectivity index (χ4n) is 2.61. The Balaban J connectivity index is 1.55. The molecule has 0 spiro atoms. The normalized spacial score (nSPS) is 15.8. The second-order valence-electron chi connectivity index (χ2n) is 5.77. The van der Waals surface area contributed by atoms with Gasteiger partial charge in [0.05, 0.1) is 0 Å². The maximum atomic E-state index is 4.34. The molecule has 2 aromatic rings. The van der Waals surface area contributed by atoms with Crippen molar-refractivity contribution in [3.8, 4) is 0 Å². The standard InChI is InChI=1S/C16H22N6/c1-20(2)15-5-6-16(19-18-15)22-10-8-21(9-11-22)13-14-4-3-7-17-12-14/h3-7,12H,8-11,13H2,1-2H3. The highest BCUT2D eigenvalue weighted by Crippen LogP contribution is 2.16. The smallest absolute Gasteiger partial charge is 0.151 e. The van der Waals surface area contributed by atoms with Gasteiger partial charge in [-0.2, -0.15) is 0 Å². The van der Waals surface area contributed by atoms with Gasteiger partial charge in [0.15, 0.2) is 11.6 Å². The van der Waals surface area contributed by atoms with Crippen molar-refractivity contribution < 1.29 is 0 Å². The zero-order chi connectivity index (χ0) is 15.4. The van der Waals surface area contributed by atoms with E-state index in [1.54, 1.807) is 0 Å². The lowest BCUT2D eigenvalue weighted by Gasteiger charge is -2.35. The van der Waals surface area contributed by atoms with E-state index in [2.05, 4.69) is 37.1 Å². The van der Waals surface area contributed by atoms with Crippen LogP contribution in [0.4, 0.5) is 11.6 Å². The van der Waals surface area contributed by atoms with E-state index in [0.717, 1.165) is 44.4 Å². The molecule has 3 heterocycles. The molecule has 0 unspecified atom stereocenters. The molecule has 1 aliphatic heterocycles. The predicted octanol–water partition coefficient (Wildman–Crippen LogP) is 1.26. The van der Waals surface area contributed by atoms with E-state index in [-0.39, 0.29) is 0 Å². The Morgan fingerprint density at radius 3 is 2.45 bits per heavy atom. The van der Waals surface area contributed by atoms with Crippen molar-refractivity contribution >= 4 is 11.6 Å². The van der Waals surface area contributed by atoms with Crippen LogP contribution in [-0.4, -0.2) is 60.4 Å². The Hall–Kier alpha value is -2.21. The van der Waals surface area contributed by atoms with Gasteiger partial charge in [-0.25, -0.2) is 0 Å². The van der Waals surface area contributed by atoms with Gasteiger partial charge >= 0.3 is 0 Å². The SMILES string of the molecule is CN(C)c1ccc(N2CCN(Cc3cccnc3)CC2)nn1. The lowest BCUT2D eigenvalue weighted by Crippen LogP contribution is -2.46. The monoisotopic (exact) mass is 298 g/mol. The molecule has 1 saturated heterocycles. The fourth-order valence-corrected chi connectivity index (χ4v) is 2.61. The minimum absolute atomic E-state index is 0.888. The minimum Gasteiger partial charge on any atom is -0.361 e. The van der Waals surface area contributed by atoms with E-state index in [1.165, 1.54) is 5.56 Å². The number of rotatable bonds is 4. The van der Waals surface area contributed by atoms with Gasteiger partial charge in [0.2, 0.25) is 0 Å². The second kappa shape index (κ2) is 6.70. The summed E-state index contributed by atoms with van der Waals surface area (Å²) in [5.74, 6) is 1.85. The Kier molecular flexibility index (Phi) is 4.48. The van der Waals surface area contributed by atoms with Crippen molar-refractivity contribution in [2.75, 3.05) is 50.1 Å². The molecule has 0 aliphatic carbocycles. The van der Waals surface area contributed by atoms with Gasteiger partial charge in [-0.05, 0) is 23.8 Å². The molecule has 0 N–H and O–H groups in total. The summed E-state index contributed by atoms with van der Waals surface area (Å²) in [6, 6.07) is 8.20. The van der Waals surface area contributed by atoms with Crippen LogP contribution in [0.5, 0.6) is 0 Å². The Labute approximate surface area is 131 Å². The predicted molar refractivity (Wildman–Crippen MR) is 88.1 cm³/mol. The van der Waals surface area contributed by atoms with E-state index < -0.39 is 0 Å². The van der Waals surface area contributed by atoms with Gasteiger partial charge in [0.25, 0.3) is 0 Å². The Morgan fingerprint density at radius 1 is 1.05 bits per heavy atom. The molecular weight excluding hydrogens is 276 g/mol. The first-order valence-electron chi connectivity index (χ1n) is 7.59. The average Bonchev–Trinajstić information content (AvgIpc) is 2.57. The lowest BCUT2D eigenvalue weighted by molar-refractivity contribution is 0.249. The van der Waals surface area contributed by atoms with E-state index >= 15 is 0 Å². The largest absolute Gasteiger partial charge is 0.361 e. The van der Waals surface area contributed by atoms with Crippen LogP contribution in [0.3, 0.4) is 0 Å². The van der Waals surface area contributed by atoms with Crippen molar-refractivity contribution in [3.05, 3.63) is 42.2 Å². The molecule has 0 amide bonds. The molecule has 1 aliphatic rings. The summed E-state index contributed by atoms with van der Waals surface area (Å²) in [5, 5.41) is 8.59. The third-order valence-corrected chi connectivity index (χ3v) is 3.92. The van der Waals surface area contributed by atoms with E-state index in [9.17, 15) is 0 Å². The summed E-state index contributed by atoms with van der Waals surface area (Å²) in [4.78, 5) is 10.9. The molecular formula is C16H22N6. The molecule has 6 nitrogen and oxygen atoms in total. The quantitative estimate of drug-likeness (QED) is 0.847. The van der Waals surface area contributed by atoms with Crippen molar-refractivity contribution in [1.82, 2.24) is 20.1 Å². The molecule has 6 heteroatoms. The molecule has 22 heavy (non-hydrogen) atoms. The molecule has 0 bridgehead atoms. The number of aromatic nitrogens is 3. The third kappa shape index (κ3) is 3.51. The highest BCUT2D eigenvalue weighted by Gasteiger charge is 2.18. The molecule has 0 aromatic carbocycles. The summed E-state index contributed by atoms with van der Waals surface area (Å²) in [6.07, 6.45) is 3.76. The minimum atomic E-state index is 0.888. The summed E-state index contributed by atoms with van der Waals surface area (Å²) >= 11 is 0. The average molecular weight is 298 g/mol. The molecule has 116 valence electrons. The summed E-state index contributed by atoms with van der Waals surface area (Å²) in [6.45, 7) is 5.00. The summed E-state index contributed by atoms with van der Waals surface area (Å²) in [7, 11) is 3.95. The van der Waals surface area contributed by atoms with Gasteiger partial charge in [0, 0.05) is 59.2 Å². The first-order valence-corrected chi connectivity index (χ1v) is 7.59. The number of pyridine rings is 1. The Morgan fingerprint density at radius 2 is 1.86 bits per heavy atom. The second-order valence-corrected chi connectivity index (χ2v) is 5.77. The van der Waals surface area contributed by atoms with Crippen LogP contribution in [0.2, 0.25) is 0 Å². The molecule has 0 radical (unpaired) electrons. The van der Waals surface area contributed by atoms with Gasteiger partial charge in [-0.1, -0.05) is 6.07 Å². The van der Waals surface area contributed by atoms with Crippen LogP contribution in [0.25, 0.3) is 0 Å². The zero-order valence-corrected chi connectivity index (χ0v) is 13.2. The maximum absolute atomic E-state index is 4.34. The van der Waals surface area contributed by atoms with E-state index in [4.69, 9.17) is 0 Å². The summed E-state index contributed by atoms with van der Waals surface area (Å²) < 4.78 is 0. The third-order valence-electron chi connectivity index (χ3n) is 3.92. The molecule has 0 atom stereocenters. The van der Waals surface area contributed by atoms with Crippen molar-refractivity contribution in [3.63, 3.8) is 0 Å². The Bertz CT molecular complexity index is 575.